The van der Waals surface area contributed by atoms with Gasteiger partial charge in [0, 0.05) is 25.8 Å². The van der Waals surface area contributed by atoms with Crippen LogP contribution in [0.25, 0.3) is 0 Å². The molecule has 0 aliphatic carbocycles. The van der Waals surface area contributed by atoms with E-state index in [4.69, 9.17) is 16.3 Å². The number of rotatable bonds is 6. The molecule has 0 spiro atoms. The SMILES string of the molecule is CCOCc1nc(Cl)cc(N(CC)CC)n1. The van der Waals surface area contributed by atoms with Gasteiger partial charge in [-0.3, -0.25) is 0 Å². The van der Waals surface area contributed by atoms with Crippen LogP contribution in [0.3, 0.4) is 0 Å². The predicted octanol–water partition coefficient (Wildman–Crippen LogP) is 2.51. The Balaban J connectivity index is 2.88. The van der Waals surface area contributed by atoms with Crippen molar-refractivity contribution in [3.63, 3.8) is 0 Å². The summed E-state index contributed by atoms with van der Waals surface area (Å²) in [4.78, 5) is 10.7. The summed E-state index contributed by atoms with van der Waals surface area (Å²) in [7, 11) is 0. The Hall–Kier alpha value is -0.870. The summed E-state index contributed by atoms with van der Waals surface area (Å²) < 4.78 is 5.27. The minimum atomic E-state index is 0.408. The van der Waals surface area contributed by atoms with Gasteiger partial charge >= 0.3 is 0 Å². The Kier molecular flexibility index (Phi) is 5.49. The highest BCUT2D eigenvalue weighted by atomic mass is 35.5. The third-order valence-corrected chi connectivity index (χ3v) is 2.44. The number of ether oxygens (including phenoxy) is 1. The highest BCUT2D eigenvalue weighted by Crippen LogP contribution is 2.16. The molecular weight excluding hydrogens is 226 g/mol. The number of aromatic nitrogens is 2. The molecular formula is C11H18ClN3O. The second-order valence-corrected chi connectivity index (χ2v) is 3.66. The number of halogens is 1. The molecule has 0 aromatic carbocycles. The first-order valence-electron chi connectivity index (χ1n) is 5.57. The standard InChI is InChI=1S/C11H18ClN3O/c1-4-15(5-2)11-7-9(12)13-10(14-11)8-16-6-3/h7H,4-6,8H2,1-3H3. The highest BCUT2D eigenvalue weighted by Gasteiger charge is 2.08. The van der Waals surface area contributed by atoms with Gasteiger partial charge in [0.15, 0.2) is 5.82 Å². The van der Waals surface area contributed by atoms with Gasteiger partial charge in [0.05, 0.1) is 0 Å². The molecule has 1 aromatic heterocycles. The van der Waals surface area contributed by atoms with Gasteiger partial charge in [-0.2, -0.15) is 0 Å². The zero-order valence-electron chi connectivity index (χ0n) is 10.0. The third-order valence-electron chi connectivity index (χ3n) is 2.25. The molecule has 0 unspecified atom stereocenters. The van der Waals surface area contributed by atoms with Crippen LogP contribution in [0.4, 0.5) is 5.82 Å². The van der Waals surface area contributed by atoms with E-state index in [9.17, 15) is 0 Å². The Morgan fingerprint density at radius 3 is 2.50 bits per heavy atom. The molecule has 0 saturated heterocycles. The Bertz CT molecular complexity index is 329. The third kappa shape index (κ3) is 3.61. The van der Waals surface area contributed by atoms with Crippen LogP contribution in [-0.2, 0) is 11.3 Å². The zero-order chi connectivity index (χ0) is 12.0. The van der Waals surface area contributed by atoms with E-state index in [1.807, 2.05) is 6.92 Å². The van der Waals surface area contributed by atoms with E-state index in [0.717, 1.165) is 18.9 Å². The predicted molar refractivity (Wildman–Crippen MR) is 65.9 cm³/mol. The second-order valence-electron chi connectivity index (χ2n) is 3.27. The summed E-state index contributed by atoms with van der Waals surface area (Å²) in [6, 6.07) is 1.78. The van der Waals surface area contributed by atoms with E-state index in [1.54, 1.807) is 6.07 Å². The van der Waals surface area contributed by atoms with Crippen molar-refractivity contribution in [3.05, 3.63) is 17.0 Å². The minimum Gasteiger partial charge on any atom is -0.374 e. The summed E-state index contributed by atoms with van der Waals surface area (Å²) in [5.74, 6) is 1.50. The molecule has 0 radical (unpaired) electrons. The zero-order valence-corrected chi connectivity index (χ0v) is 10.8. The quantitative estimate of drug-likeness (QED) is 0.720. The van der Waals surface area contributed by atoms with Crippen LogP contribution < -0.4 is 4.90 Å². The summed E-state index contributed by atoms with van der Waals surface area (Å²) in [6.45, 7) is 8.97. The largest absolute Gasteiger partial charge is 0.374 e. The van der Waals surface area contributed by atoms with Gasteiger partial charge in [-0.05, 0) is 20.8 Å². The topological polar surface area (TPSA) is 38.2 Å². The van der Waals surface area contributed by atoms with E-state index in [-0.39, 0.29) is 0 Å². The molecule has 0 N–H and O–H groups in total. The second kappa shape index (κ2) is 6.66. The minimum absolute atomic E-state index is 0.408. The van der Waals surface area contributed by atoms with Gasteiger partial charge < -0.3 is 9.64 Å². The maximum absolute atomic E-state index is 5.95. The molecule has 0 bridgehead atoms. The van der Waals surface area contributed by atoms with Crippen molar-refractivity contribution < 1.29 is 4.74 Å². The number of anilines is 1. The molecule has 1 aromatic rings. The fraction of sp³-hybridized carbons (Fsp3) is 0.636. The molecule has 16 heavy (non-hydrogen) atoms. The van der Waals surface area contributed by atoms with Crippen LogP contribution in [0, 0.1) is 0 Å². The first-order valence-corrected chi connectivity index (χ1v) is 5.95. The molecule has 0 atom stereocenters. The molecule has 1 rings (SSSR count). The van der Waals surface area contributed by atoms with E-state index >= 15 is 0 Å². The molecule has 0 fully saturated rings. The molecule has 90 valence electrons. The average Bonchev–Trinajstić information content (AvgIpc) is 2.27. The highest BCUT2D eigenvalue weighted by molar-refractivity contribution is 6.29. The fourth-order valence-electron chi connectivity index (χ4n) is 1.42. The summed E-state index contributed by atoms with van der Waals surface area (Å²) in [5, 5.41) is 0.464. The van der Waals surface area contributed by atoms with E-state index < -0.39 is 0 Å². The Morgan fingerprint density at radius 1 is 1.25 bits per heavy atom. The Morgan fingerprint density at radius 2 is 1.94 bits per heavy atom. The van der Waals surface area contributed by atoms with Crippen molar-refractivity contribution in [2.75, 3.05) is 24.6 Å². The van der Waals surface area contributed by atoms with Gasteiger partial charge in [0.2, 0.25) is 0 Å². The van der Waals surface area contributed by atoms with Crippen molar-refractivity contribution in [3.8, 4) is 0 Å². The van der Waals surface area contributed by atoms with Crippen molar-refractivity contribution in [2.45, 2.75) is 27.4 Å². The van der Waals surface area contributed by atoms with Crippen LogP contribution in [0.15, 0.2) is 6.07 Å². The van der Waals surface area contributed by atoms with Gasteiger partial charge in [-0.1, -0.05) is 11.6 Å². The summed E-state index contributed by atoms with van der Waals surface area (Å²) >= 11 is 5.95. The van der Waals surface area contributed by atoms with E-state index in [0.29, 0.717) is 24.2 Å². The fourth-order valence-corrected chi connectivity index (χ4v) is 1.61. The van der Waals surface area contributed by atoms with Crippen LogP contribution in [-0.4, -0.2) is 29.7 Å². The van der Waals surface area contributed by atoms with Crippen molar-refractivity contribution in [1.82, 2.24) is 9.97 Å². The molecule has 4 nitrogen and oxygen atoms in total. The molecule has 0 amide bonds. The molecule has 0 saturated carbocycles. The first-order chi connectivity index (χ1) is 7.71. The smallest absolute Gasteiger partial charge is 0.158 e. The van der Waals surface area contributed by atoms with Crippen LogP contribution in [0.1, 0.15) is 26.6 Å². The maximum Gasteiger partial charge on any atom is 0.158 e. The van der Waals surface area contributed by atoms with Gasteiger partial charge in [0.1, 0.15) is 17.6 Å². The summed E-state index contributed by atoms with van der Waals surface area (Å²) in [6.07, 6.45) is 0. The monoisotopic (exact) mass is 243 g/mol. The van der Waals surface area contributed by atoms with Crippen molar-refractivity contribution in [1.29, 1.82) is 0 Å². The Labute approximate surface area is 102 Å². The average molecular weight is 244 g/mol. The first kappa shape index (κ1) is 13.2. The van der Waals surface area contributed by atoms with Crippen molar-refractivity contribution >= 4 is 17.4 Å². The normalized spacial score (nSPS) is 10.5. The number of hydrogen-bond donors (Lipinski definition) is 0. The lowest BCUT2D eigenvalue weighted by Gasteiger charge is -2.20. The van der Waals surface area contributed by atoms with Gasteiger partial charge in [0.25, 0.3) is 0 Å². The van der Waals surface area contributed by atoms with Crippen LogP contribution >= 0.6 is 11.6 Å². The lowest BCUT2D eigenvalue weighted by molar-refractivity contribution is 0.128. The number of nitrogens with zero attached hydrogens (tertiary/aromatic N) is 3. The number of hydrogen-bond acceptors (Lipinski definition) is 4. The molecule has 0 aliphatic rings. The lowest BCUT2D eigenvalue weighted by atomic mass is 10.4. The van der Waals surface area contributed by atoms with Crippen LogP contribution in [0.2, 0.25) is 5.15 Å². The summed E-state index contributed by atoms with van der Waals surface area (Å²) in [5.41, 5.74) is 0. The molecule has 0 aliphatic heterocycles. The van der Waals surface area contributed by atoms with Crippen molar-refractivity contribution in [2.24, 2.45) is 0 Å². The maximum atomic E-state index is 5.95. The van der Waals surface area contributed by atoms with E-state index in [2.05, 4.69) is 28.7 Å². The van der Waals surface area contributed by atoms with Gasteiger partial charge in [-0.15, -0.1) is 0 Å². The molecule has 1 heterocycles. The lowest BCUT2D eigenvalue weighted by Crippen LogP contribution is -2.23. The van der Waals surface area contributed by atoms with E-state index in [1.165, 1.54) is 0 Å². The molecule has 5 heteroatoms. The van der Waals surface area contributed by atoms with Crippen LogP contribution in [0.5, 0.6) is 0 Å². The van der Waals surface area contributed by atoms with Gasteiger partial charge in [-0.25, -0.2) is 9.97 Å².